The highest BCUT2D eigenvalue weighted by Gasteiger charge is 2.20. The lowest BCUT2D eigenvalue weighted by Gasteiger charge is -2.09. The number of anilines is 2. The zero-order valence-corrected chi connectivity index (χ0v) is 10.8. The lowest BCUT2D eigenvalue weighted by atomic mass is 10.2. The molecule has 1 aromatic carbocycles. The molecule has 0 spiro atoms. The van der Waals surface area contributed by atoms with Gasteiger partial charge in [-0.15, -0.1) is 5.10 Å². The number of hydrogen-bond donors (Lipinski definition) is 2. The van der Waals surface area contributed by atoms with Crippen molar-refractivity contribution in [2.75, 3.05) is 10.5 Å². The molecule has 0 saturated heterocycles. The van der Waals surface area contributed by atoms with Crippen LogP contribution >= 0.6 is 11.5 Å². The molecule has 96 valence electrons. The molecule has 18 heavy (non-hydrogen) atoms. The number of nitrogen functional groups attached to an aromatic ring is 1. The van der Waals surface area contributed by atoms with Crippen molar-refractivity contribution < 1.29 is 12.8 Å². The Labute approximate surface area is 107 Å². The molecular weight excluding hydrogens is 279 g/mol. The molecule has 0 aliphatic heterocycles. The first-order chi connectivity index (χ1) is 8.40. The number of nitrogens with one attached hydrogen (secondary N) is 1. The van der Waals surface area contributed by atoms with Crippen LogP contribution in [0, 0.1) is 12.7 Å². The molecule has 0 aliphatic rings. The summed E-state index contributed by atoms with van der Waals surface area (Å²) >= 11 is 0.882. The van der Waals surface area contributed by atoms with E-state index in [0.29, 0.717) is 0 Å². The monoisotopic (exact) mass is 288 g/mol. The third kappa shape index (κ3) is 2.41. The lowest BCUT2D eigenvalue weighted by Crippen LogP contribution is -2.14. The minimum absolute atomic E-state index is 0.00849. The largest absolute Gasteiger partial charge is 0.399 e. The van der Waals surface area contributed by atoms with E-state index in [1.54, 1.807) is 0 Å². The van der Waals surface area contributed by atoms with Crippen molar-refractivity contribution in [1.29, 1.82) is 0 Å². The van der Waals surface area contributed by atoms with Gasteiger partial charge in [-0.1, -0.05) is 4.49 Å². The number of halogens is 1. The maximum absolute atomic E-state index is 13.5. The van der Waals surface area contributed by atoms with E-state index in [9.17, 15) is 12.8 Å². The molecular formula is C9H9FN4O2S2. The van der Waals surface area contributed by atoms with Gasteiger partial charge in [0.05, 0.1) is 11.1 Å². The van der Waals surface area contributed by atoms with Crippen molar-refractivity contribution in [3.63, 3.8) is 0 Å². The summed E-state index contributed by atoms with van der Waals surface area (Å²) in [5.74, 6) is -0.669. The van der Waals surface area contributed by atoms with Crippen LogP contribution in [0.2, 0.25) is 0 Å². The molecule has 9 heteroatoms. The molecule has 0 atom stereocenters. The maximum atomic E-state index is 13.5. The number of rotatable bonds is 3. The Morgan fingerprint density at radius 2 is 2.17 bits per heavy atom. The van der Waals surface area contributed by atoms with Gasteiger partial charge in [-0.3, -0.25) is 4.72 Å². The van der Waals surface area contributed by atoms with Crippen LogP contribution in [0.1, 0.15) is 5.56 Å². The van der Waals surface area contributed by atoms with Crippen molar-refractivity contribution in [2.24, 2.45) is 0 Å². The average Bonchev–Trinajstić information content (AvgIpc) is 2.75. The van der Waals surface area contributed by atoms with Gasteiger partial charge >= 0.3 is 0 Å². The second-order valence-electron chi connectivity index (χ2n) is 3.51. The van der Waals surface area contributed by atoms with Crippen LogP contribution in [0.4, 0.5) is 15.1 Å². The molecule has 2 rings (SSSR count). The molecule has 3 N–H and O–H groups in total. The van der Waals surface area contributed by atoms with E-state index < -0.39 is 15.8 Å². The number of hydrogen-bond acceptors (Lipinski definition) is 6. The highest BCUT2D eigenvalue weighted by Crippen LogP contribution is 2.24. The predicted molar refractivity (Wildman–Crippen MR) is 66.3 cm³/mol. The lowest BCUT2D eigenvalue weighted by molar-refractivity contribution is 0.591. The van der Waals surface area contributed by atoms with Gasteiger partial charge in [-0.05, 0) is 19.1 Å². The fraction of sp³-hybridized carbons (Fsp3) is 0.111. The van der Waals surface area contributed by atoms with Crippen LogP contribution in [0.3, 0.4) is 0 Å². The van der Waals surface area contributed by atoms with E-state index in [1.165, 1.54) is 19.2 Å². The fourth-order valence-corrected chi connectivity index (χ4v) is 3.33. The van der Waals surface area contributed by atoms with Gasteiger partial charge in [0.1, 0.15) is 10.8 Å². The van der Waals surface area contributed by atoms with Crippen molar-refractivity contribution in [3.8, 4) is 0 Å². The standard InChI is InChI=1S/C9H9FN4O2S2/c1-5-7(10)2-6(11)3-8(5)18(15,16)13-9-4-12-14-17-9/h2-4,13H,11H2,1H3. The Kier molecular flexibility index (Phi) is 3.18. The number of sulfonamides is 1. The summed E-state index contributed by atoms with van der Waals surface area (Å²) in [4.78, 5) is -0.201. The van der Waals surface area contributed by atoms with Crippen LogP contribution in [0.25, 0.3) is 0 Å². The third-order valence-corrected chi connectivity index (χ3v) is 4.41. The quantitative estimate of drug-likeness (QED) is 0.831. The molecule has 0 bridgehead atoms. The number of nitrogens with two attached hydrogens (primary N) is 1. The summed E-state index contributed by atoms with van der Waals surface area (Å²) in [6, 6.07) is 2.28. The van der Waals surface area contributed by atoms with Crippen LogP contribution in [-0.2, 0) is 10.0 Å². The summed E-state index contributed by atoms with van der Waals surface area (Å²) in [6.45, 7) is 1.37. The highest BCUT2D eigenvalue weighted by atomic mass is 32.2. The minimum atomic E-state index is -3.90. The first kappa shape index (κ1) is 12.7. The van der Waals surface area contributed by atoms with Gasteiger partial charge in [0.25, 0.3) is 10.0 Å². The normalized spacial score (nSPS) is 11.4. The van der Waals surface area contributed by atoms with Crippen molar-refractivity contribution >= 4 is 32.2 Å². The summed E-state index contributed by atoms with van der Waals surface area (Å²) in [5.41, 5.74) is 5.50. The Morgan fingerprint density at radius 3 is 2.78 bits per heavy atom. The first-order valence-electron chi connectivity index (χ1n) is 4.76. The van der Waals surface area contributed by atoms with Gasteiger partial charge in [0.15, 0.2) is 0 Å². The van der Waals surface area contributed by atoms with Crippen LogP contribution in [0.15, 0.2) is 23.2 Å². The van der Waals surface area contributed by atoms with Gasteiger partial charge in [-0.25, -0.2) is 12.8 Å². The third-order valence-electron chi connectivity index (χ3n) is 2.20. The van der Waals surface area contributed by atoms with Crippen LogP contribution in [0.5, 0.6) is 0 Å². The smallest absolute Gasteiger partial charge is 0.263 e. The molecule has 0 saturated carbocycles. The molecule has 2 aromatic rings. The molecule has 0 radical (unpaired) electrons. The van der Waals surface area contributed by atoms with E-state index in [2.05, 4.69) is 14.3 Å². The van der Waals surface area contributed by atoms with Gasteiger partial charge in [0, 0.05) is 22.8 Å². The zero-order valence-electron chi connectivity index (χ0n) is 9.21. The maximum Gasteiger partial charge on any atom is 0.263 e. The summed E-state index contributed by atoms with van der Waals surface area (Å²) in [6.07, 6.45) is 1.26. The van der Waals surface area contributed by atoms with E-state index in [1.807, 2.05) is 0 Å². The van der Waals surface area contributed by atoms with Crippen LogP contribution in [-0.4, -0.2) is 18.0 Å². The van der Waals surface area contributed by atoms with E-state index in [0.717, 1.165) is 17.6 Å². The highest BCUT2D eigenvalue weighted by molar-refractivity contribution is 7.93. The van der Waals surface area contributed by atoms with Crippen molar-refractivity contribution in [3.05, 3.63) is 29.7 Å². The van der Waals surface area contributed by atoms with E-state index in [-0.39, 0.29) is 21.1 Å². The number of benzene rings is 1. The van der Waals surface area contributed by atoms with Gasteiger partial charge < -0.3 is 5.73 Å². The number of aromatic nitrogens is 2. The van der Waals surface area contributed by atoms with Crippen molar-refractivity contribution in [2.45, 2.75) is 11.8 Å². The Bertz CT molecular complexity index is 670. The second kappa shape index (κ2) is 4.50. The Balaban J connectivity index is 2.48. The second-order valence-corrected chi connectivity index (χ2v) is 5.95. The average molecular weight is 288 g/mol. The molecule has 0 amide bonds. The van der Waals surface area contributed by atoms with Crippen molar-refractivity contribution in [1.82, 2.24) is 9.59 Å². The molecule has 6 nitrogen and oxygen atoms in total. The van der Waals surface area contributed by atoms with E-state index in [4.69, 9.17) is 5.73 Å². The molecule has 0 aliphatic carbocycles. The zero-order chi connectivity index (χ0) is 13.3. The summed E-state index contributed by atoms with van der Waals surface area (Å²) in [7, 11) is -3.90. The Hall–Kier alpha value is -1.74. The van der Waals surface area contributed by atoms with E-state index >= 15 is 0 Å². The predicted octanol–water partition coefficient (Wildman–Crippen LogP) is 1.37. The first-order valence-corrected chi connectivity index (χ1v) is 7.01. The van der Waals surface area contributed by atoms with Gasteiger partial charge in [-0.2, -0.15) is 0 Å². The SMILES string of the molecule is Cc1c(F)cc(N)cc1S(=O)(=O)Nc1cnns1. The topological polar surface area (TPSA) is 98.0 Å². The molecule has 1 heterocycles. The molecule has 0 fully saturated rings. The molecule has 0 unspecified atom stereocenters. The minimum Gasteiger partial charge on any atom is -0.399 e. The Morgan fingerprint density at radius 1 is 1.44 bits per heavy atom. The molecule has 1 aromatic heterocycles. The van der Waals surface area contributed by atoms with Gasteiger partial charge in [0.2, 0.25) is 0 Å². The summed E-state index contributed by atoms with van der Waals surface area (Å²) < 4.78 is 43.3. The number of nitrogens with zero attached hydrogens (tertiary/aromatic N) is 2. The van der Waals surface area contributed by atoms with Crippen LogP contribution < -0.4 is 10.5 Å². The fourth-order valence-electron chi connectivity index (χ4n) is 1.35. The summed E-state index contributed by atoms with van der Waals surface area (Å²) in [5, 5.41) is 3.75.